The van der Waals surface area contributed by atoms with Crippen molar-refractivity contribution in [2.24, 2.45) is 0 Å². The highest BCUT2D eigenvalue weighted by Crippen LogP contribution is 2.34. The summed E-state index contributed by atoms with van der Waals surface area (Å²) in [6.45, 7) is 0. The molecule has 0 unspecified atom stereocenters. The molecular formula is C14H4F7NO. The zero-order valence-electron chi connectivity index (χ0n) is 10.8. The fraction of sp³-hybridized carbons (Fsp3) is 0.0714. The molecule has 0 aliphatic carbocycles. The van der Waals surface area contributed by atoms with Gasteiger partial charge in [-0.25, -0.2) is 17.6 Å². The van der Waals surface area contributed by atoms with Gasteiger partial charge in [-0.1, -0.05) is 12.1 Å². The van der Waals surface area contributed by atoms with E-state index in [9.17, 15) is 30.7 Å². The molecule has 2 aromatic rings. The van der Waals surface area contributed by atoms with Crippen molar-refractivity contribution in [1.29, 1.82) is 5.26 Å². The van der Waals surface area contributed by atoms with E-state index in [4.69, 9.17) is 5.26 Å². The van der Waals surface area contributed by atoms with E-state index in [2.05, 4.69) is 4.74 Å². The third kappa shape index (κ3) is 3.21. The number of alkyl halides is 3. The molecular weight excluding hydrogens is 331 g/mol. The van der Waals surface area contributed by atoms with Gasteiger partial charge in [0, 0.05) is 0 Å². The molecule has 0 saturated carbocycles. The van der Waals surface area contributed by atoms with Crippen LogP contribution in [0.4, 0.5) is 30.7 Å². The van der Waals surface area contributed by atoms with E-state index in [1.165, 1.54) is 0 Å². The molecule has 0 spiro atoms. The standard InChI is InChI=1S/C14H4F7NO/c15-10-8(5-22)11(16)13(18)9(12(10)17)6-2-1-3-7(4-6)23-14(19,20)21/h1-4H. The van der Waals surface area contributed by atoms with Crippen molar-refractivity contribution in [2.75, 3.05) is 0 Å². The lowest BCUT2D eigenvalue weighted by atomic mass is 10.0. The number of nitrogens with zero attached hydrogens (tertiary/aromatic N) is 1. The van der Waals surface area contributed by atoms with E-state index in [1.54, 1.807) is 0 Å². The van der Waals surface area contributed by atoms with Crippen LogP contribution in [0, 0.1) is 34.6 Å². The first kappa shape index (κ1) is 16.6. The molecule has 23 heavy (non-hydrogen) atoms. The number of halogens is 7. The average molecular weight is 335 g/mol. The van der Waals surface area contributed by atoms with E-state index >= 15 is 0 Å². The first-order chi connectivity index (χ1) is 10.7. The Labute approximate surface area is 124 Å². The second-order valence-electron chi connectivity index (χ2n) is 4.19. The van der Waals surface area contributed by atoms with Gasteiger partial charge in [0.05, 0.1) is 5.56 Å². The van der Waals surface area contributed by atoms with Crippen molar-refractivity contribution in [1.82, 2.24) is 0 Å². The zero-order chi connectivity index (χ0) is 17.4. The summed E-state index contributed by atoms with van der Waals surface area (Å²) in [5.74, 6) is -8.51. The van der Waals surface area contributed by atoms with Crippen molar-refractivity contribution >= 4 is 0 Å². The summed E-state index contributed by atoms with van der Waals surface area (Å²) in [7, 11) is 0. The van der Waals surface area contributed by atoms with Crippen molar-refractivity contribution in [2.45, 2.75) is 6.36 Å². The summed E-state index contributed by atoms with van der Waals surface area (Å²) < 4.78 is 94.8. The molecule has 120 valence electrons. The first-order valence-electron chi connectivity index (χ1n) is 5.78. The van der Waals surface area contributed by atoms with Gasteiger partial charge in [0.1, 0.15) is 17.4 Å². The molecule has 2 nitrogen and oxygen atoms in total. The smallest absolute Gasteiger partial charge is 0.406 e. The second-order valence-corrected chi connectivity index (χ2v) is 4.19. The molecule has 0 fully saturated rings. The minimum Gasteiger partial charge on any atom is -0.406 e. The van der Waals surface area contributed by atoms with Gasteiger partial charge in [-0.15, -0.1) is 13.2 Å². The Hall–Kier alpha value is -2.76. The Morgan fingerprint density at radius 3 is 1.96 bits per heavy atom. The Morgan fingerprint density at radius 2 is 1.48 bits per heavy atom. The molecule has 0 N–H and O–H groups in total. The molecule has 0 atom stereocenters. The predicted molar refractivity (Wildman–Crippen MR) is 63.1 cm³/mol. The zero-order valence-corrected chi connectivity index (χ0v) is 10.8. The fourth-order valence-corrected chi connectivity index (χ4v) is 1.83. The van der Waals surface area contributed by atoms with Crippen molar-refractivity contribution in [3.63, 3.8) is 0 Å². The van der Waals surface area contributed by atoms with Gasteiger partial charge < -0.3 is 4.74 Å². The molecule has 9 heteroatoms. The molecule has 2 aromatic carbocycles. The van der Waals surface area contributed by atoms with Gasteiger partial charge in [0.25, 0.3) is 0 Å². The largest absolute Gasteiger partial charge is 0.573 e. The van der Waals surface area contributed by atoms with Crippen LogP contribution < -0.4 is 4.74 Å². The molecule has 0 heterocycles. The highest BCUT2D eigenvalue weighted by Gasteiger charge is 2.32. The van der Waals surface area contributed by atoms with E-state index < -0.39 is 52.1 Å². The van der Waals surface area contributed by atoms with E-state index in [0.717, 1.165) is 24.3 Å². The van der Waals surface area contributed by atoms with Gasteiger partial charge in [-0.3, -0.25) is 0 Å². The molecule has 0 aliphatic rings. The maximum Gasteiger partial charge on any atom is 0.573 e. The lowest BCUT2D eigenvalue weighted by molar-refractivity contribution is -0.274. The normalized spacial score (nSPS) is 11.2. The van der Waals surface area contributed by atoms with Gasteiger partial charge >= 0.3 is 6.36 Å². The highest BCUT2D eigenvalue weighted by molar-refractivity contribution is 5.68. The van der Waals surface area contributed by atoms with E-state index in [0.29, 0.717) is 6.07 Å². The Kier molecular flexibility index (Phi) is 4.18. The third-order valence-corrected chi connectivity index (χ3v) is 2.73. The summed E-state index contributed by atoms with van der Waals surface area (Å²) >= 11 is 0. The van der Waals surface area contributed by atoms with Crippen LogP contribution in [0.25, 0.3) is 11.1 Å². The molecule has 0 saturated heterocycles. The number of hydrogen-bond acceptors (Lipinski definition) is 2. The number of ether oxygens (including phenoxy) is 1. The summed E-state index contributed by atoms with van der Waals surface area (Å²) in [6.07, 6.45) is -5.06. The topological polar surface area (TPSA) is 33.0 Å². The van der Waals surface area contributed by atoms with E-state index in [-0.39, 0.29) is 0 Å². The Morgan fingerprint density at radius 1 is 0.913 bits per heavy atom. The van der Waals surface area contributed by atoms with Crippen LogP contribution in [-0.2, 0) is 0 Å². The van der Waals surface area contributed by atoms with Crippen LogP contribution in [0.2, 0.25) is 0 Å². The Balaban J connectivity index is 2.65. The molecule has 0 aromatic heterocycles. The Bertz CT molecular complexity index is 779. The van der Waals surface area contributed by atoms with Crippen LogP contribution in [0.5, 0.6) is 5.75 Å². The fourth-order valence-electron chi connectivity index (χ4n) is 1.83. The quantitative estimate of drug-likeness (QED) is 0.590. The van der Waals surface area contributed by atoms with E-state index in [1.807, 2.05) is 0 Å². The van der Waals surface area contributed by atoms with Crippen molar-refractivity contribution in [3.05, 3.63) is 53.1 Å². The van der Waals surface area contributed by atoms with Gasteiger partial charge in [-0.05, 0) is 17.7 Å². The lowest BCUT2D eigenvalue weighted by Gasteiger charge is -2.12. The SMILES string of the molecule is N#Cc1c(F)c(F)c(-c2cccc(OC(F)(F)F)c2)c(F)c1F. The maximum absolute atomic E-state index is 13.8. The first-order valence-corrected chi connectivity index (χ1v) is 5.78. The van der Waals surface area contributed by atoms with Crippen LogP contribution in [0.1, 0.15) is 5.56 Å². The molecule has 2 rings (SSSR count). The summed E-state index contributed by atoms with van der Waals surface area (Å²) in [5.41, 5.74) is -3.30. The molecule has 0 amide bonds. The van der Waals surface area contributed by atoms with Crippen LogP contribution >= 0.6 is 0 Å². The lowest BCUT2D eigenvalue weighted by Crippen LogP contribution is -2.17. The molecule has 0 bridgehead atoms. The minimum absolute atomic E-state index is 0.555. The number of rotatable bonds is 2. The van der Waals surface area contributed by atoms with Crippen molar-refractivity contribution in [3.8, 4) is 22.9 Å². The van der Waals surface area contributed by atoms with Gasteiger partial charge in [0.15, 0.2) is 23.3 Å². The number of nitriles is 1. The van der Waals surface area contributed by atoms with Crippen LogP contribution in [0.3, 0.4) is 0 Å². The predicted octanol–water partition coefficient (Wildman–Crippen LogP) is 4.68. The molecule has 0 aliphatic heterocycles. The number of hydrogen-bond donors (Lipinski definition) is 0. The van der Waals surface area contributed by atoms with Crippen LogP contribution in [-0.4, -0.2) is 6.36 Å². The van der Waals surface area contributed by atoms with Crippen LogP contribution in [0.15, 0.2) is 24.3 Å². The van der Waals surface area contributed by atoms with Gasteiger partial charge in [-0.2, -0.15) is 5.26 Å². The third-order valence-electron chi connectivity index (χ3n) is 2.73. The maximum atomic E-state index is 13.8. The monoisotopic (exact) mass is 335 g/mol. The summed E-state index contributed by atoms with van der Waals surface area (Å²) in [4.78, 5) is 0. The highest BCUT2D eigenvalue weighted by atomic mass is 19.4. The number of benzene rings is 2. The minimum atomic E-state index is -5.06. The molecule has 0 radical (unpaired) electrons. The van der Waals surface area contributed by atoms with Gasteiger partial charge in [0.2, 0.25) is 0 Å². The summed E-state index contributed by atoms with van der Waals surface area (Å²) in [5, 5.41) is 8.47. The average Bonchev–Trinajstić information content (AvgIpc) is 2.45. The summed E-state index contributed by atoms with van der Waals surface area (Å²) in [6, 6.07) is 4.23. The second kappa shape index (κ2) is 5.79. The van der Waals surface area contributed by atoms with Crippen molar-refractivity contribution < 1.29 is 35.5 Å².